The summed E-state index contributed by atoms with van der Waals surface area (Å²) in [6.45, 7) is 4.99. The highest BCUT2D eigenvalue weighted by Gasteiger charge is 2.12. The summed E-state index contributed by atoms with van der Waals surface area (Å²) in [5.74, 6) is 0.121. The van der Waals surface area contributed by atoms with E-state index < -0.39 is 0 Å². The number of aromatic nitrogens is 2. The molecule has 0 atom stereocenters. The van der Waals surface area contributed by atoms with Crippen LogP contribution in [-0.4, -0.2) is 47.3 Å². The van der Waals surface area contributed by atoms with Crippen LogP contribution in [0.2, 0.25) is 0 Å². The fourth-order valence-corrected chi connectivity index (χ4v) is 4.69. The predicted octanol–water partition coefficient (Wildman–Crippen LogP) is 7.33. The molecule has 0 unspecified atom stereocenters. The van der Waals surface area contributed by atoms with Crippen molar-refractivity contribution in [1.82, 2.24) is 14.9 Å². The number of carbonyl (C=O) groups excluding carboxylic acids is 2. The molecule has 212 valence electrons. The van der Waals surface area contributed by atoms with Gasteiger partial charge in [-0.2, -0.15) is 0 Å². The van der Waals surface area contributed by atoms with Crippen LogP contribution in [0.1, 0.15) is 35.7 Å². The SMILES string of the molecule is CC(C)c1ccc(NC(=O)c2ccc(-c3c[nH]c4ncc(-c5cccc(NC(=O)C=CCN(C)C)c5)cc34)cc2)cc1. The number of amides is 2. The van der Waals surface area contributed by atoms with Gasteiger partial charge in [0.25, 0.3) is 5.91 Å². The Hall–Kier alpha value is -5.01. The molecule has 0 aliphatic carbocycles. The topological polar surface area (TPSA) is 90.1 Å². The minimum absolute atomic E-state index is 0.151. The highest BCUT2D eigenvalue weighted by atomic mass is 16.2. The normalized spacial score (nSPS) is 11.5. The number of anilines is 2. The Labute approximate surface area is 246 Å². The molecule has 0 bridgehead atoms. The van der Waals surface area contributed by atoms with Gasteiger partial charge in [0.05, 0.1) is 0 Å². The number of benzene rings is 3. The van der Waals surface area contributed by atoms with Crippen LogP contribution in [0.4, 0.5) is 11.4 Å². The Balaban J connectivity index is 1.32. The van der Waals surface area contributed by atoms with E-state index in [-0.39, 0.29) is 11.8 Å². The van der Waals surface area contributed by atoms with Gasteiger partial charge in [0, 0.05) is 58.5 Å². The van der Waals surface area contributed by atoms with Gasteiger partial charge in [-0.3, -0.25) is 9.59 Å². The van der Waals surface area contributed by atoms with Crippen molar-refractivity contribution in [2.75, 3.05) is 31.3 Å². The van der Waals surface area contributed by atoms with Crippen molar-refractivity contribution in [1.29, 1.82) is 0 Å². The second kappa shape index (κ2) is 12.7. The average Bonchev–Trinajstić information content (AvgIpc) is 3.41. The lowest BCUT2D eigenvalue weighted by Crippen LogP contribution is -2.12. The largest absolute Gasteiger partial charge is 0.346 e. The number of nitrogens with zero attached hydrogens (tertiary/aromatic N) is 2. The van der Waals surface area contributed by atoms with Gasteiger partial charge in [-0.15, -0.1) is 0 Å². The highest BCUT2D eigenvalue weighted by molar-refractivity contribution is 6.05. The maximum Gasteiger partial charge on any atom is 0.255 e. The number of hydrogen-bond donors (Lipinski definition) is 3. The fraction of sp³-hybridized carbons (Fsp3) is 0.171. The lowest BCUT2D eigenvalue weighted by molar-refractivity contribution is -0.111. The quantitative estimate of drug-likeness (QED) is 0.166. The van der Waals surface area contributed by atoms with E-state index in [9.17, 15) is 9.59 Å². The van der Waals surface area contributed by atoms with Crippen molar-refractivity contribution >= 4 is 34.2 Å². The lowest BCUT2D eigenvalue weighted by atomic mass is 10.0. The standard InChI is InChI=1S/C35H35N5O2/c1-23(2)24-14-16-29(17-15-24)39-35(42)26-12-10-25(11-13-26)32-22-37-34-31(32)20-28(21-36-34)27-7-5-8-30(19-27)38-33(41)9-6-18-40(3)4/h5-17,19-23H,18H2,1-4H3,(H,36,37)(H,38,41)(H,39,42). The molecule has 0 aliphatic heterocycles. The molecule has 2 amide bonds. The number of rotatable bonds is 9. The Morgan fingerprint density at radius 2 is 1.64 bits per heavy atom. The Kier molecular flexibility index (Phi) is 8.60. The van der Waals surface area contributed by atoms with Crippen molar-refractivity contribution < 1.29 is 9.59 Å². The first-order valence-electron chi connectivity index (χ1n) is 14.0. The number of pyridine rings is 1. The first kappa shape index (κ1) is 28.5. The Bertz CT molecular complexity index is 1730. The second-order valence-electron chi connectivity index (χ2n) is 10.9. The molecular weight excluding hydrogens is 522 g/mol. The van der Waals surface area contributed by atoms with E-state index >= 15 is 0 Å². The number of H-pyrrole nitrogens is 1. The zero-order valence-electron chi connectivity index (χ0n) is 24.3. The van der Waals surface area contributed by atoms with E-state index in [4.69, 9.17) is 0 Å². The molecule has 7 heteroatoms. The summed E-state index contributed by atoms with van der Waals surface area (Å²) in [5, 5.41) is 6.87. The average molecular weight is 558 g/mol. The smallest absolute Gasteiger partial charge is 0.255 e. The molecule has 0 saturated heterocycles. The third kappa shape index (κ3) is 6.82. The van der Waals surface area contributed by atoms with Gasteiger partial charge in [0.15, 0.2) is 0 Å². The van der Waals surface area contributed by atoms with Gasteiger partial charge in [0.1, 0.15) is 5.65 Å². The highest BCUT2D eigenvalue weighted by Crippen LogP contribution is 2.32. The third-order valence-electron chi connectivity index (χ3n) is 7.03. The summed E-state index contributed by atoms with van der Waals surface area (Å²) in [5.41, 5.74) is 7.92. The fourth-order valence-electron chi connectivity index (χ4n) is 4.69. The molecule has 5 aromatic rings. The van der Waals surface area contributed by atoms with Gasteiger partial charge in [0.2, 0.25) is 5.91 Å². The molecule has 0 spiro atoms. The summed E-state index contributed by atoms with van der Waals surface area (Å²) in [7, 11) is 3.91. The minimum Gasteiger partial charge on any atom is -0.346 e. The first-order valence-corrected chi connectivity index (χ1v) is 14.0. The summed E-state index contributed by atoms with van der Waals surface area (Å²) >= 11 is 0. The molecule has 0 fully saturated rings. The molecule has 0 aliphatic rings. The Morgan fingerprint density at radius 3 is 2.36 bits per heavy atom. The number of carbonyl (C=O) groups is 2. The van der Waals surface area contributed by atoms with Crippen LogP contribution in [0.3, 0.4) is 0 Å². The number of hydrogen-bond acceptors (Lipinski definition) is 4. The molecule has 3 aromatic carbocycles. The number of aromatic amines is 1. The van der Waals surface area contributed by atoms with E-state index in [2.05, 4.69) is 40.5 Å². The molecule has 3 N–H and O–H groups in total. The van der Waals surface area contributed by atoms with E-state index in [0.717, 1.165) is 39.0 Å². The van der Waals surface area contributed by atoms with Crippen molar-refractivity contribution in [3.05, 3.63) is 115 Å². The monoisotopic (exact) mass is 557 g/mol. The zero-order valence-corrected chi connectivity index (χ0v) is 24.3. The Morgan fingerprint density at radius 1 is 0.881 bits per heavy atom. The maximum atomic E-state index is 12.9. The third-order valence-corrected chi connectivity index (χ3v) is 7.03. The van der Waals surface area contributed by atoms with Crippen LogP contribution < -0.4 is 10.6 Å². The summed E-state index contributed by atoms with van der Waals surface area (Å²) in [4.78, 5) is 35.1. The van der Waals surface area contributed by atoms with Gasteiger partial charge in [-0.25, -0.2) is 4.98 Å². The molecule has 7 nitrogen and oxygen atoms in total. The van der Waals surface area contributed by atoms with Crippen LogP contribution in [-0.2, 0) is 4.79 Å². The van der Waals surface area contributed by atoms with E-state index in [0.29, 0.717) is 23.7 Å². The molecule has 0 saturated carbocycles. The zero-order chi connectivity index (χ0) is 29.6. The minimum atomic E-state index is -0.170. The van der Waals surface area contributed by atoms with Crippen LogP contribution >= 0.6 is 0 Å². The predicted molar refractivity (Wildman–Crippen MR) is 172 cm³/mol. The lowest BCUT2D eigenvalue weighted by Gasteiger charge is -2.09. The van der Waals surface area contributed by atoms with Gasteiger partial charge < -0.3 is 20.5 Å². The summed E-state index contributed by atoms with van der Waals surface area (Å²) in [6.07, 6.45) is 7.13. The number of fused-ring (bicyclic) bond motifs is 1. The second-order valence-corrected chi connectivity index (χ2v) is 10.9. The maximum absolute atomic E-state index is 12.9. The van der Waals surface area contributed by atoms with Gasteiger partial charge in [-0.05, 0) is 79.2 Å². The van der Waals surface area contributed by atoms with E-state index in [1.54, 1.807) is 6.08 Å². The first-order chi connectivity index (χ1) is 20.3. The number of likely N-dealkylation sites (N-methyl/N-ethyl adjacent to an activating group) is 1. The molecule has 5 rings (SSSR count). The summed E-state index contributed by atoms with van der Waals surface area (Å²) in [6, 6.07) is 25.3. The van der Waals surface area contributed by atoms with Crippen molar-refractivity contribution in [2.45, 2.75) is 19.8 Å². The van der Waals surface area contributed by atoms with Crippen molar-refractivity contribution in [3.63, 3.8) is 0 Å². The molecule has 2 heterocycles. The van der Waals surface area contributed by atoms with Crippen LogP contribution in [0.15, 0.2) is 103 Å². The molecule has 42 heavy (non-hydrogen) atoms. The summed E-state index contributed by atoms with van der Waals surface area (Å²) < 4.78 is 0. The van der Waals surface area contributed by atoms with E-state index in [1.165, 1.54) is 5.56 Å². The van der Waals surface area contributed by atoms with Crippen LogP contribution in [0, 0.1) is 0 Å². The van der Waals surface area contributed by atoms with Gasteiger partial charge in [-0.1, -0.05) is 56.3 Å². The van der Waals surface area contributed by atoms with Crippen LogP contribution in [0.25, 0.3) is 33.3 Å². The molecule has 2 aromatic heterocycles. The molecule has 0 radical (unpaired) electrons. The van der Waals surface area contributed by atoms with Crippen LogP contribution in [0.5, 0.6) is 0 Å². The van der Waals surface area contributed by atoms with Crippen molar-refractivity contribution in [3.8, 4) is 22.3 Å². The number of nitrogens with one attached hydrogen (secondary N) is 3. The van der Waals surface area contributed by atoms with Crippen molar-refractivity contribution in [2.24, 2.45) is 0 Å². The van der Waals surface area contributed by atoms with Gasteiger partial charge >= 0.3 is 0 Å². The molecular formula is C35H35N5O2. The van der Waals surface area contributed by atoms with E-state index in [1.807, 2.05) is 110 Å².